The fraction of sp³-hybridized carbons (Fsp3) is 0.550. The molecule has 154 valence electrons. The zero-order chi connectivity index (χ0) is 21.3. The number of rotatable bonds is 11. The van der Waals surface area contributed by atoms with Crippen LogP contribution in [0.5, 0.6) is 0 Å². The number of nitrogens with one attached hydrogen (secondary N) is 2. The van der Waals surface area contributed by atoms with Crippen LogP contribution in [0.15, 0.2) is 24.3 Å². The zero-order valence-electron chi connectivity index (χ0n) is 17.1. The summed E-state index contributed by atoms with van der Waals surface area (Å²) in [4.78, 5) is 36.8. The minimum atomic E-state index is -1.76. The van der Waals surface area contributed by atoms with Gasteiger partial charge in [-0.2, -0.15) is 0 Å². The molecule has 0 fully saturated rings. The van der Waals surface area contributed by atoms with E-state index < -0.39 is 36.7 Å². The molecule has 28 heavy (non-hydrogen) atoms. The first-order chi connectivity index (χ1) is 13.1. The number of Topliss-reactive ketones (excluding diaryl/α,β-unsaturated/α-hetero) is 1. The average Bonchev–Trinajstić information content (AvgIpc) is 2.63. The van der Waals surface area contributed by atoms with Crippen LogP contribution in [0, 0.1) is 5.92 Å². The molecule has 0 saturated carbocycles. The van der Waals surface area contributed by atoms with Crippen LogP contribution in [0.3, 0.4) is 0 Å². The second-order valence-electron chi connectivity index (χ2n) is 7.48. The van der Waals surface area contributed by atoms with E-state index in [-0.39, 0.29) is 5.92 Å². The highest BCUT2D eigenvalue weighted by Gasteiger charge is 2.32. The number of ketones is 1. The third-order valence-electron chi connectivity index (χ3n) is 4.39. The Bertz CT molecular complexity index is 661. The molecule has 2 atom stereocenters. The normalized spacial score (nSPS) is 13.0. The lowest BCUT2D eigenvalue weighted by Crippen LogP contribution is -2.56. The first-order valence-electron chi connectivity index (χ1n) is 9.72. The van der Waals surface area contributed by atoms with Gasteiger partial charge in [0.1, 0.15) is 0 Å². The van der Waals surface area contributed by atoms with Crippen LogP contribution in [-0.4, -0.2) is 46.7 Å². The Hall–Kier alpha value is -2.19. The van der Waals surface area contributed by atoms with Gasteiger partial charge in [-0.3, -0.25) is 14.4 Å². The quantitative estimate of drug-likeness (QED) is 0.335. The molecule has 0 saturated heterocycles. The van der Waals surface area contributed by atoms with E-state index in [1.54, 1.807) is 12.1 Å². The minimum absolute atomic E-state index is 0.101. The Morgan fingerprint density at radius 3 is 2.14 bits per heavy atom. The van der Waals surface area contributed by atoms with Crippen molar-refractivity contribution in [1.29, 1.82) is 0 Å². The lowest BCUT2D eigenvalue weighted by Gasteiger charge is -2.23. The Labute approximate surface area is 167 Å². The van der Waals surface area contributed by atoms with Gasteiger partial charge in [-0.05, 0) is 49.8 Å². The van der Waals surface area contributed by atoms with E-state index in [1.165, 1.54) is 6.92 Å². The first kappa shape index (κ1) is 23.9. The van der Waals surface area contributed by atoms with Crippen molar-refractivity contribution in [2.75, 3.05) is 0 Å². The van der Waals surface area contributed by atoms with Crippen LogP contribution in [0.25, 0.3) is 0 Å². The Morgan fingerprint density at radius 1 is 1.07 bits per heavy atom. The Kier molecular flexibility index (Phi) is 9.89. The summed E-state index contributed by atoms with van der Waals surface area (Å²) in [5, 5.41) is 23.8. The van der Waals surface area contributed by atoms with Crippen molar-refractivity contribution in [2.24, 2.45) is 5.92 Å². The summed E-state index contributed by atoms with van der Waals surface area (Å²) in [6.45, 7) is 7.05. The molecule has 0 spiro atoms. The number of amides is 2. The summed E-state index contributed by atoms with van der Waals surface area (Å²) < 4.78 is 0. The lowest BCUT2D eigenvalue weighted by molar-refractivity contribution is -0.130. The second kappa shape index (κ2) is 11.6. The van der Waals surface area contributed by atoms with Crippen molar-refractivity contribution in [3.63, 3.8) is 0 Å². The number of carbonyl (C=O) groups is 3. The van der Waals surface area contributed by atoms with Gasteiger partial charge in [-0.25, -0.2) is 0 Å². The summed E-state index contributed by atoms with van der Waals surface area (Å²) in [5.41, 5.74) is 1.47. The average molecular weight is 390 g/mol. The molecule has 0 aliphatic heterocycles. The van der Waals surface area contributed by atoms with E-state index in [1.807, 2.05) is 26.0 Å². The van der Waals surface area contributed by atoms with E-state index in [9.17, 15) is 24.4 Å². The smallest absolute Gasteiger partial charge is 0.426 e. The van der Waals surface area contributed by atoms with Gasteiger partial charge in [0.05, 0.1) is 5.94 Å². The fourth-order valence-electron chi connectivity index (χ4n) is 2.80. The number of aryl methyl sites for hydroxylation is 1. The largest absolute Gasteiger partial charge is 0.475 e. The zero-order valence-corrected chi connectivity index (χ0v) is 17.1. The highest BCUT2D eigenvalue weighted by atomic mass is 16.4. The highest BCUT2D eigenvalue weighted by molar-refractivity contribution is 6.43. The van der Waals surface area contributed by atoms with Crippen molar-refractivity contribution in [2.45, 2.75) is 65.4 Å². The second-order valence-corrected chi connectivity index (χ2v) is 7.48. The summed E-state index contributed by atoms with van der Waals surface area (Å²) in [5.74, 6) is -2.67. The summed E-state index contributed by atoms with van der Waals surface area (Å²) in [6.07, 6.45) is 3.39. The van der Waals surface area contributed by atoms with Gasteiger partial charge in [0, 0.05) is 5.56 Å². The third kappa shape index (κ3) is 7.82. The van der Waals surface area contributed by atoms with Crippen molar-refractivity contribution >= 4 is 24.7 Å². The van der Waals surface area contributed by atoms with Gasteiger partial charge in [-0.15, -0.1) is 0 Å². The van der Waals surface area contributed by atoms with Gasteiger partial charge in [-0.1, -0.05) is 39.3 Å². The molecule has 2 amide bonds. The van der Waals surface area contributed by atoms with Gasteiger partial charge < -0.3 is 20.7 Å². The number of unbranched alkanes of at least 4 members (excludes halogenated alkanes) is 1. The molecule has 1 aromatic rings. The number of hydrogen-bond donors (Lipinski definition) is 4. The molecule has 1 aromatic carbocycles. The maximum atomic E-state index is 12.5. The molecule has 0 heterocycles. The van der Waals surface area contributed by atoms with E-state index in [4.69, 9.17) is 0 Å². The summed E-state index contributed by atoms with van der Waals surface area (Å²) in [7, 11) is -1.76. The predicted octanol–water partition coefficient (Wildman–Crippen LogP) is 1.26. The van der Waals surface area contributed by atoms with Crippen molar-refractivity contribution in [1.82, 2.24) is 10.6 Å². The van der Waals surface area contributed by atoms with E-state index in [0.29, 0.717) is 12.0 Å². The molecule has 0 aliphatic rings. The Morgan fingerprint density at radius 2 is 1.68 bits per heavy atom. The maximum Gasteiger partial charge on any atom is 0.475 e. The van der Waals surface area contributed by atoms with Crippen LogP contribution in [0.2, 0.25) is 0 Å². The van der Waals surface area contributed by atoms with Crippen LogP contribution >= 0.6 is 0 Å². The molecule has 4 N–H and O–H groups in total. The molecule has 0 aliphatic carbocycles. The summed E-state index contributed by atoms with van der Waals surface area (Å²) >= 11 is 0. The summed E-state index contributed by atoms with van der Waals surface area (Å²) in [6, 6.07) is 5.63. The third-order valence-corrected chi connectivity index (χ3v) is 4.39. The molecular weight excluding hydrogens is 359 g/mol. The van der Waals surface area contributed by atoms with Crippen LogP contribution in [0.4, 0.5) is 0 Å². The molecule has 0 aromatic heterocycles. The fourth-order valence-corrected chi connectivity index (χ4v) is 2.80. The van der Waals surface area contributed by atoms with Gasteiger partial charge in [0.15, 0.2) is 11.8 Å². The molecule has 0 unspecified atom stereocenters. The van der Waals surface area contributed by atoms with Crippen LogP contribution in [0.1, 0.15) is 62.9 Å². The van der Waals surface area contributed by atoms with E-state index in [0.717, 1.165) is 24.8 Å². The topological polar surface area (TPSA) is 116 Å². The molecule has 0 radical (unpaired) electrons. The standard InChI is InChI=1S/C20H31BN2O5/c1-5-6-7-15-8-10-16(11-9-15)19(25)23-18(14(4)24)20(26)22-17(21(27)28)12-13(2)3/h8-11,13,17-18,27-28H,5-7,12H2,1-4H3,(H,22,26)(H,23,25)/t17-,18-/m0/s1. The van der Waals surface area contributed by atoms with E-state index in [2.05, 4.69) is 17.6 Å². The van der Waals surface area contributed by atoms with Gasteiger partial charge in [0.2, 0.25) is 5.91 Å². The molecule has 8 heteroatoms. The Balaban J connectivity index is 2.81. The number of hydrogen-bond acceptors (Lipinski definition) is 5. The SMILES string of the molecule is CCCCc1ccc(C(=O)N[C@@H](C(C)=O)C(=O)N[C@@H](CC(C)C)B(O)O)cc1. The van der Waals surface area contributed by atoms with Crippen molar-refractivity contribution in [3.05, 3.63) is 35.4 Å². The van der Waals surface area contributed by atoms with Crippen LogP contribution < -0.4 is 10.6 Å². The maximum absolute atomic E-state index is 12.5. The van der Waals surface area contributed by atoms with Gasteiger partial charge >= 0.3 is 7.12 Å². The monoisotopic (exact) mass is 390 g/mol. The first-order valence-corrected chi connectivity index (χ1v) is 9.72. The van der Waals surface area contributed by atoms with Gasteiger partial charge in [0.25, 0.3) is 5.91 Å². The lowest BCUT2D eigenvalue weighted by atomic mass is 9.75. The predicted molar refractivity (Wildman–Crippen MR) is 109 cm³/mol. The highest BCUT2D eigenvalue weighted by Crippen LogP contribution is 2.09. The van der Waals surface area contributed by atoms with Crippen molar-refractivity contribution < 1.29 is 24.4 Å². The van der Waals surface area contributed by atoms with Crippen LogP contribution in [-0.2, 0) is 16.0 Å². The molecular formula is C20H31BN2O5. The molecule has 1 rings (SSSR count). The number of carbonyl (C=O) groups excluding carboxylic acids is 3. The molecule has 0 bridgehead atoms. The number of benzene rings is 1. The minimum Gasteiger partial charge on any atom is -0.426 e. The van der Waals surface area contributed by atoms with E-state index >= 15 is 0 Å². The molecule has 7 nitrogen and oxygen atoms in total. The van der Waals surface area contributed by atoms with Crippen molar-refractivity contribution in [3.8, 4) is 0 Å².